The number of hydrogen-bond acceptors (Lipinski definition) is 8. The SMILES string of the molecule is COCC1CCCN1c1nc(Nc2ccc(C(F)(F)F)cc2)c2nc(Nc3c(Cl)cccc3Cl)sc2n1. The number of ether oxygens (including phenoxy) is 1. The number of nitrogens with zero attached hydrogens (tertiary/aromatic N) is 4. The summed E-state index contributed by atoms with van der Waals surface area (Å²) in [5.41, 5.74) is 0.671. The topological polar surface area (TPSA) is 75.2 Å². The summed E-state index contributed by atoms with van der Waals surface area (Å²) in [5, 5.41) is 7.63. The second-order valence-electron chi connectivity index (χ2n) is 8.41. The van der Waals surface area contributed by atoms with E-state index in [1.807, 2.05) is 0 Å². The molecule has 4 aromatic rings. The molecule has 0 bridgehead atoms. The average molecular weight is 569 g/mol. The minimum atomic E-state index is -4.42. The Morgan fingerprint density at radius 2 is 1.78 bits per heavy atom. The summed E-state index contributed by atoms with van der Waals surface area (Å²) in [7, 11) is 1.65. The maximum Gasteiger partial charge on any atom is 0.416 e. The summed E-state index contributed by atoms with van der Waals surface area (Å²) in [4.78, 5) is 16.8. The zero-order valence-electron chi connectivity index (χ0n) is 19.4. The first-order valence-electron chi connectivity index (χ1n) is 11.3. The van der Waals surface area contributed by atoms with Crippen molar-refractivity contribution in [1.82, 2.24) is 15.0 Å². The molecule has 1 fully saturated rings. The van der Waals surface area contributed by atoms with Crippen LogP contribution in [0.15, 0.2) is 42.5 Å². The van der Waals surface area contributed by atoms with E-state index >= 15 is 0 Å². The van der Waals surface area contributed by atoms with Gasteiger partial charge in [-0.25, -0.2) is 4.98 Å². The smallest absolute Gasteiger partial charge is 0.383 e. The number of rotatable bonds is 7. The molecule has 1 atom stereocenters. The van der Waals surface area contributed by atoms with Crippen LogP contribution >= 0.6 is 34.5 Å². The highest BCUT2D eigenvalue weighted by atomic mass is 35.5. The Labute approximate surface area is 224 Å². The van der Waals surface area contributed by atoms with Crippen molar-refractivity contribution < 1.29 is 17.9 Å². The Bertz CT molecular complexity index is 1400. The van der Waals surface area contributed by atoms with Crippen molar-refractivity contribution in [2.75, 3.05) is 35.8 Å². The molecule has 0 saturated carbocycles. The zero-order valence-corrected chi connectivity index (χ0v) is 21.8. The Kier molecular flexibility index (Phi) is 7.30. The molecule has 7 nitrogen and oxygen atoms in total. The maximum atomic E-state index is 13.0. The van der Waals surface area contributed by atoms with E-state index in [1.54, 1.807) is 25.3 Å². The van der Waals surface area contributed by atoms with Gasteiger partial charge in [-0.05, 0) is 49.2 Å². The number of alkyl halides is 3. The lowest BCUT2D eigenvalue weighted by Crippen LogP contribution is -2.34. The van der Waals surface area contributed by atoms with Crippen molar-refractivity contribution in [2.45, 2.75) is 25.1 Å². The first kappa shape index (κ1) is 25.8. The van der Waals surface area contributed by atoms with Crippen molar-refractivity contribution >= 4 is 73.2 Å². The Morgan fingerprint density at radius 1 is 1.05 bits per heavy atom. The number of benzene rings is 2. The zero-order chi connectivity index (χ0) is 26.2. The number of thiazole rings is 1. The van der Waals surface area contributed by atoms with Crippen LogP contribution in [-0.2, 0) is 10.9 Å². The number of halogens is 5. The van der Waals surface area contributed by atoms with Gasteiger partial charge in [-0.1, -0.05) is 40.6 Å². The third-order valence-corrected chi connectivity index (χ3v) is 7.40. The van der Waals surface area contributed by atoms with E-state index in [0.29, 0.717) is 55.3 Å². The predicted molar refractivity (Wildman–Crippen MR) is 142 cm³/mol. The van der Waals surface area contributed by atoms with Gasteiger partial charge in [-0.2, -0.15) is 23.1 Å². The second kappa shape index (κ2) is 10.5. The molecule has 2 N–H and O–H groups in total. The highest BCUT2D eigenvalue weighted by Gasteiger charge is 2.30. The molecule has 194 valence electrons. The molecular weight excluding hydrogens is 548 g/mol. The quantitative estimate of drug-likeness (QED) is 0.239. The molecule has 3 heterocycles. The molecule has 1 aliphatic rings. The van der Waals surface area contributed by atoms with Gasteiger partial charge in [0.2, 0.25) is 5.95 Å². The molecule has 0 spiro atoms. The van der Waals surface area contributed by atoms with Crippen LogP contribution in [0.2, 0.25) is 10.0 Å². The molecule has 2 aromatic carbocycles. The third kappa shape index (κ3) is 5.54. The summed E-state index contributed by atoms with van der Waals surface area (Å²) in [5.74, 6) is 0.866. The van der Waals surface area contributed by atoms with Crippen LogP contribution in [-0.4, -0.2) is 41.3 Å². The fourth-order valence-corrected chi connectivity index (χ4v) is 5.48. The van der Waals surface area contributed by atoms with Crippen LogP contribution in [0.4, 0.5) is 41.4 Å². The molecule has 1 saturated heterocycles. The van der Waals surface area contributed by atoms with Gasteiger partial charge in [0.05, 0.1) is 33.9 Å². The van der Waals surface area contributed by atoms with E-state index in [9.17, 15) is 13.2 Å². The van der Waals surface area contributed by atoms with E-state index in [-0.39, 0.29) is 6.04 Å². The molecule has 1 unspecified atom stereocenters. The van der Waals surface area contributed by atoms with E-state index < -0.39 is 11.7 Å². The highest BCUT2D eigenvalue weighted by Crippen LogP contribution is 2.38. The third-order valence-electron chi connectivity index (χ3n) is 5.91. The largest absolute Gasteiger partial charge is 0.416 e. The Hall–Kier alpha value is -2.86. The van der Waals surface area contributed by atoms with Gasteiger partial charge in [0.15, 0.2) is 15.8 Å². The van der Waals surface area contributed by atoms with E-state index in [0.717, 1.165) is 31.5 Å². The predicted octanol–water partition coefficient (Wildman–Crippen LogP) is 7.51. The number of hydrogen-bond donors (Lipinski definition) is 2. The van der Waals surface area contributed by atoms with Crippen LogP contribution in [0, 0.1) is 0 Å². The summed E-state index contributed by atoms with van der Waals surface area (Å²) < 4.78 is 44.5. The number of para-hydroxylation sites is 1. The molecule has 0 amide bonds. The first-order valence-corrected chi connectivity index (χ1v) is 12.9. The molecule has 2 aromatic heterocycles. The maximum absolute atomic E-state index is 13.0. The standard InChI is InChI=1S/C24H21Cl2F3N6OS/c1-36-12-15-4-3-11-35(15)22-33-20(30-14-9-7-13(8-10-14)24(27,28)29)19-21(34-22)37-23(32-19)31-18-16(25)5-2-6-17(18)26/h2,5-10,15H,3-4,11-12H2,1H3,(H,31,32)(H,30,33,34). The number of aromatic nitrogens is 3. The lowest BCUT2D eigenvalue weighted by molar-refractivity contribution is -0.137. The lowest BCUT2D eigenvalue weighted by Gasteiger charge is -2.24. The summed E-state index contributed by atoms with van der Waals surface area (Å²) in [6.07, 6.45) is -2.51. The number of nitrogens with one attached hydrogen (secondary N) is 2. The fraction of sp³-hybridized carbons (Fsp3) is 0.292. The Morgan fingerprint density at radius 3 is 2.46 bits per heavy atom. The molecule has 5 rings (SSSR count). The molecule has 1 aliphatic heterocycles. The molecular formula is C24H21Cl2F3N6OS. The Balaban J connectivity index is 1.55. The molecule has 0 aliphatic carbocycles. The summed E-state index contributed by atoms with van der Waals surface area (Å²) in [6.45, 7) is 1.29. The van der Waals surface area contributed by atoms with Crippen molar-refractivity contribution in [3.8, 4) is 0 Å². The van der Waals surface area contributed by atoms with Crippen molar-refractivity contribution in [1.29, 1.82) is 0 Å². The second-order valence-corrected chi connectivity index (χ2v) is 10.2. The van der Waals surface area contributed by atoms with Crippen LogP contribution in [0.25, 0.3) is 10.3 Å². The minimum Gasteiger partial charge on any atom is -0.383 e. The van der Waals surface area contributed by atoms with Crippen LogP contribution in [0.1, 0.15) is 18.4 Å². The number of anilines is 5. The van der Waals surface area contributed by atoms with Gasteiger partial charge < -0.3 is 20.3 Å². The van der Waals surface area contributed by atoms with Crippen LogP contribution in [0.3, 0.4) is 0 Å². The van der Waals surface area contributed by atoms with Crippen molar-refractivity contribution in [3.05, 3.63) is 58.1 Å². The van der Waals surface area contributed by atoms with Gasteiger partial charge in [0.25, 0.3) is 0 Å². The summed E-state index contributed by atoms with van der Waals surface area (Å²) in [6, 6.07) is 10.0. The van der Waals surface area contributed by atoms with Crippen LogP contribution < -0.4 is 15.5 Å². The first-order chi connectivity index (χ1) is 17.7. The molecule has 37 heavy (non-hydrogen) atoms. The van der Waals surface area contributed by atoms with Gasteiger partial charge in [0, 0.05) is 19.3 Å². The minimum absolute atomic E-state index is 0.119. The number of methoxy groups -OCH3 is 1. The van der Waals surface area contributed by atoms with Crippen molar-refractivity contribution in [2.24, 2.45) is 0 Å². The van der Waals surface area contributed by atoms with Crippen molar-refractivity contribution in [3.63, 3.8) is 0 Å². The van der Waals surface area contributed by atoms with E-state index in [2.05, 4.69) is 20.5 Å². The lowest BCUT2D eigenvalue weighted by atomic mass is 10.2. The fourth-order valence-electron chi connectivity index (χ4n) is 4.15. The van der Waals surface area contributed by atoms with Gasteiger partial charge >= 0.3 is 6.18 Å². The molecule has 0 radical (unpaired) electrons. The molecule has 13 heteroatoms. The van der Waals surface area contributed by atoms with Gasteiger partial charge in [0.1, 0.15) is 5.52 Å². The average Bonchev–Trinajstić information content (AvgIpc) is 3.48. The van der Waals surface area contributed by atoms with E-state index in [4.69, 9.17) is 37.9 Å². The van der Waals surface area contributed by atoms with Gasteiger partial charge in [-0.15, -0.1) is 0 Å². The normalized spacial score (nSPS) is 15.9. The van der Waals surface area contributed by atoms with Gasteiger partial charge in [-0.3, -0.25) is 0 Å². The number of fused-ring (bicyclic) bond motifs is 1. The van der Waals surface area contributed by atoms with E-state index in [1.165, 1.54) is 23.5 Å². The monoisotopic (exact) mass is 568 g/mol. The summed E-state index contributed by atoms with van der Waals surface area (Å²) >= 11 is 13.9. The highest BCUT2D eigenvalue weighted by molar-refractivity contribution is 7.22. The van der Waals surface area contributed by atoms with Crippen LogP contribution in [0.5, 0.6) is 0 Å².